The summed E-state index contributed by atoms with van der Waals surface area (Å²) < 4.78 is 12.8. The van der Waals surface area contributed by atoms with Crippen LogP contribution in [-0.2, 0) is 6.54 Å². The van der Waals surface area contributed by atoms with E-state index >= 15 is 0 Å². The molecule has 0 unspecified atom stereocenters. The van der Waals surface area contributed by atoms with Crippen LogP contribution in [0.2, 0.25) is 0 Å². The number of methoxy groups -OCH3 is 1. The first kappa shape index (κ1) is 13.9. The maximum atomic E-state index is 11.7. The normalized spacial score (nSPS) is 10.2. The van der Waals surface area contributed by atoms with Crippen LogP contribution in [0.5, 0.6) is 11.5 Å². The molecule has 1 heterocycles. The summed E-state index contributed by atoms with van der Waals surface area (Å²) in [5.74, 6) is 1.53. The van der Waals surface area contributed by atoms with Crippen LogP contribution in [0.15, 0.2) is 41.6 Å². The predicted molar refractivity (Wildman–Crippen MR) is 79.7 cm³/mol. The standard InChI is InChI=1S/C13H13IN2O3/c1-18-10-2-4-11(5-3-10)19-7-6-16-9-15-8-12(14)13(16)17/h2-5,8-9H,6-7H2,1H3. The second kappa shape index (κ2) is 6.55. The van der Waals surface area contributed by atoms with E-state index < -0.39 is 0 Å². The summed E-state index contributed by atoms with van der Waals surface area (Å²) in [5.41, 5.74) is -0.0473. The van der Waals surface area contributed by atoms with Gasteiger partial charge in [-0.15, -0.1) is 0 Å². The molecule has 0 bridgehead atoms. The summed E-state index contributed by atoms with van der Waals surface area (Å²) >= 11 is 1.97. The lowest BCUT2D eigenvalue weighted by Gasteiger charge is -2.08. The monoisotopic (exact) mass is 372 g/mol. The number of hydrogen-bond acceptors (Lipinski definition) is 4. The fraction of sp³-hybridized carbons (Fsp3) is 0.231. The highest BCUT2D eigenvalue weighted by atomic mass is 127. The third-order valence-corrected chi connectivity index (χ3v) is 3.26. The van der Waals surface area contributed by atoms with E-state index in [2.05, 4.69) is 4.98 Å². The molecule has 19 heavy (non-hydrogen) atoms. The summed E-state index contributed by atoms with van der Waals surface area (Å²) in [7, 11) is 1.62. The third kappa shape index (κ3) is 3.69. The number of rotatable bonds is 5. The Kier molecular flexibility index (Phi) is 4.78. The number of nitrogens with zero attached hydrogens (tertiary/aromatic N) is 2. The third-order valence-electron chi connectivity index (χ3n) is 2.52. The Morgan fingerprint density at radius 1 is 1.26 bits per heavy atom. The molecule has 0 atom stereocenters. The summed E-state index contributed by atoms with van der Waals surface area (Å²) in [6.45, 7) is 0.878. The van der Waals surface area contributed by atoms with Crippen molar-refractivity contribution in [2.75, 3.05) is 13.7 Å². The molecule has 0 aliphatic rings. The quantitative estimate of drug-likeness (QED) is 0.753. The SMILES string of the molecule is COc1ccc(OCCn2cncc(I)c2=O)cc1. The number of aromatic nitrogens is 2. The average Bonchev–Trinajstić information content (AvgIpc) is 2.44. The summed E-state index contributed by atoms with van der Waals surface area (Å²) in [4.78, 5) is 15.7. The van der Waals surface area contributed by atoms with Crippen LogP contribution in [0.1, 0.15) is 0 Å². The fourth-order valence-electron chi connectivity index (χ4n) is 1.52. The number of ether oxygens (including phenoxy) is 2. The summed E-state index contributed by atoms with van der Waals surface area (Å²) in [6, 6.07) is 7.31. The van der Waals surface area contributed by atoms with E-state index in [9.17, 15) is 4.79 Å². The zero-order valence-electron chi connectivity index (χ0n) is 10.4. The van der Waals surface area contributed by atoms with Crippen LogP contribution < -0.4 is 15.0 Å². The van der Waals surface area contributed by atoms with Crippen LogP contribution in [0.3, 0.4) is 0 Å². The number of benzene rings is 1. The summed E-state index contributed by atoms with van der Waals surface area (Å²) in [5, 5.41) is 0. The second-order valence-electron chi connectivity index (χ2n) is 3.76. The lowest BCUT2D eigenvalue weighted by atomic mass is 10.3. The Bertz CT molecular complexity index is 596. The maximum absolute atomic E-state index is 11.7. The zero-order valence-corrected chi connectivity index (χ0v) is 12.5. The predicted octanol–water partition coefficient (Wildman–Crippen LogP) is 1.94. The van der Waals surface area contributed by atoms with Crippen LogP contribution in [0.4, 0.5) is 0 Å². The molecule has 0 radical (unpaired) electrons. The van der Waals surface area contributed by atoms with Crippen LogP contribution in [-0.4, -0.2) is 23.3 Å². The molecule has 2 rings (SSSR count). The molecule has 2 aromatic rings. The molecule has 0 fully saturated rings. The van der Waals surface area contributed by atoms with Crippen LogP contribution in [0, 0.1) is 3.57 Å². The Hall–Kier alpha value is -1.57. The van der Waals surface area contributed by atoms with Gasteiger partial charge in [0.1, 0.15) is 18.1 Å². The Morgan fingerprint density at radius 2 is 1.95 bits per heavy atom. The number of hydrogen-bond donors (Lipinski definition) is 0. The second-order valence-corrected chi connectivity index (χ2v) is 4.93. The lowest BCUT2D eigenvalue weighted by molar-refractivity contribution is 0.295. The smallest absolute Gasteiger partial charge is 0.266 e. The Morgan fingerprint density at radius 3 is 2.63 bits per heavy atom. The molecule has 6 heteroatoms. The largest absolute Gasteiger partial charge is 0.497 e. The molecule has 5 nitrogen and oxygen atoms in total. The van der Waals surface area contributed by atoms with E-state index in [-0.39, 0.29) is 5.56 Å². The minimum atomic E-state index is -0.0473. The zero-order chi connectivity index (χ0) is 13.7. The molecule has 0 amide bonds. The van der Waals surface area contributed by atoms with Gasteiger partial charge in [0.15, 0.2) is 0 Å². The van der Waals surface area contributed by atoms with Crippen molar-refractivity contribution in [2.45, 2.75) is 6.54 Å². The first-order valence-corrected chi connectivity index (χ1v) is 6.75. The molecule has 1 aromatic carbocycles. The van der Waals surface area contributed by atoms with Gasteiger partial charge in [-0.3, -0.25) is 9.36 Å². The van der Waals surface area contributed by atoms with Crippen molar-refractivity contribution in [1.29, 1.82) is 0 Å². The van der Waals surface area contributed by atoms with Crippen molar-refractivity contribution in [3.05, 3.63) is 50.7 Å². The van der Waals surface area contributed by atoms with Gasteiger partial charge in [-0.2, -0.15) is 0 Å². The molecule has 100 valence electrons. The van der Waals surface area contributed by atoms with E-state index in [4.69, 9.17) is 9.47 Å². The highest BCUT2D eigenvalue weighted by Gasteiger charge is 2.01. The highest BCUT2D eigenvalue weighted by Crippen LogP contribution is 2.16. The van der Waals surface area contributed by atoms with Gasteiger partial charge in [0.25, 0.3) is 5.56 Å². The highest BCUT2D eigenvalue weighted by molar-refractivity contribution is 14.1. The number of halogens is 1. The van der Waals surface area contributed by atoms with E-state index in [0.29, 0.717) is 16.7 Å². The molecule has 0 aliphatic heterocycles. The minimum absolute atomic E-state index is 0.0473. The molecular weight excluding hydrogens is 359 g/mol. The van der Waals surface area contributed by atoms with E-state index in [0.717, 1.165) is 11.5 Å². The Balaban J connectivity index is 1.92. The molecule has 0 saturated heterocycles. The van der Waals surface area contributed by atoms with E-state index in [1.165, 1.54) is 10.9 Å². The van der Waals surface area contributed by atoms with Gasteiger partial charge in [-0.1, -0.05) is 0 Å². The molecule has 0 N–H and O–H groups in total. The first-order valence-electron chi connectivity index (χ1n) is 5.67. The van der Waals surface area contributed by atoms with Gasteiger partial charge in [0.05, 0.1) is 23.6 Å². The molecule has 1 aromatic heterocycles. The van der Waals surface area contributed by atoms with Gasteiger partial charge in [-0.05, 0) is 46.9 Å². The van der Waals surface area contributed by atoms with Gasteiger partial charge in [-0.25, -0.2) is 4.98 Å². The molecule has 0 aliphatic carbocycles. The first-order chi connectivity index (χ1) is 9.20. The topological polar surface area (TPSA) is 53.4 Å². The van der Waals surface area contributed by atoms with Gasteiger partial charge < -0.3 is 9.47 Å². The van der Waals surface area contributed by atoms with Gasteiger partial charge in [0.2, 0.25) is 0 Å². The maximum Gasteiger partial charge on any atom is 0.266 e. The van der Waals surface area contributed by atoms with Crippen molar-refractivity contribution >= 4 is 22.6 Å². The molecular formula is C13H13IN2O3. The minimum Gasteiger partial charge on any atom is -0.497 e. The van der Waals surface area contributed by atoms with E-state index in [1.807, 2.05) is 46.9 Å². The average molecular weight is 372 g/mol. The van der Waals surface area contributed by atoms with Crippen molar-refractivity contribution in [3.63, 3.8) is 0 Å². The Labute approximate surface area is 124 Å². The molecule has 0 saturated carbocycles. The van der Waals surface area contributed by atoms with Crippen LogP contribution in [0.25, 0.3) is 0 Å². The van der Waals surface area contributed by atoms with Crippen molar-refractivity contribution in [1.82, 2.24) is 9.55 Å². The van der Waals surface area contributed by atoms with Gasteiger partial charge >= 0.3 is 0 Å². The van der Waals surface area contributed by atoms with Gasteiger partial charge in [0, 0.05) is 6.20 Å². The summed E-state index contributed by atoms with van der Waals surface area (Å²) in [6.07, 6.45) is 3.06. The van der Waals surface area contributed by atoms with Crippen molar-refractivity contribution in [2.24, 2.45) is 0 Å². The van der Waals surface area contributed by atoms with Crippen molar-refractivity contribution in [3.8, 4) is 11.5 Å². The molecule has 0 spiro atoms. The van der Waals surface area contributed by atoms with Crippen LogP contribution >= 0.6 is 22.6 Å². The fourth-order valence-corrected chi connectivity index (χ4v) is 1.99. The van der Waals surface area contributed by atoms with E-state index in [1.54, 1.807) is 13.3 Å². The van der Waals surface area contributed by atoms with Crippen molar-refractivity contribution < 1.29 is 9.47 Å². The lowest BCUT2D eigenvalue weighted by Crippen LogP contribution is -2.25.